The Bertz CT molecular complexity index is 1020. The normalized spacial score (nSPS) is 19.9. The molecule has 1 fully saturated rings. The van der Waals surface area contributed by atoms with Crippen LogP contribution < -0.4 is 0 Å². The van der Waals surface area contributed by atoms with Gasteiger partial charge < -0.3 is 10.1 Å². The molecule has 5 nitrogen and oxygen atoms in total. The molecule has 0 bridgehead atoms. The molecular formula is C28H38N4O. The Labute approximate surface area is 198 Å². The second-order valence-electron chi connectivity index (χ2n) is 9.85. The molecule has 176 valence electrons. The highest BCUT2D eigenvalue weighted by Gasteiger charge is 2.26. The van der Waals surface area contributed by atoms with E-state index in [9.17, 15) is 5.11 Å². The Hall–Kier alpha value is -2.34. The lowest BCUT2D eigenvalue weighted by Crippen LogP contribution is -2.49. The minimum absolute atomic E-state index is 0.485. The summed E-state index contributed by atoms with van der Waals surface area (Å²) in [4.78, 5) is 11.5. The van der Waals surface area contributed by atoms with E-state index in [0.717, 1.165) is 65.1 Å². The van der Waals surface area contributed by atoms with Crippen LogP contribution >= 0.6 is 0 Å². The third-order valence-electron chi connectivity index (χ3n) is 7.61. The van der Waals surface area contributed by atoms with Crippen molar-refractivity contribution in [3.8, 4) is 5.75 Å². The van der Waals surface area contributed by atoms with Gasteiger partial charge in [0.05, 0.1) is 0 Å². The third-order valence-corrected chi connectivity index (χ3v) is 7.61. The van der Waals surface area contributed by atoms with Gasteiger partial charge in [-0.15, -0.1) is 0 Å². The van der Waals surface area contributed by atoms with E-state index in [1.807, 2.05) is 12.1 Å². The molecule has 1 aromatic heterocycles. The van der Waals surface area contributed by atoms with Crippen molar-refractivity contribution in [1.29, 1.82) is 0 Å². The fourth-order valence-electron chi connectivity index (χ4n) is 5.74. The molecule has 2 aromatic carbocycles. The maximum atomic E-state index is 10.2. The van der Waals surface area contributed by atoms with E-state index < -0.39 is 0 Å². The molecule has 0 amide bonds. The van der Waals surface area contributed by atoms with E-state index in [-0.39, 0.29) is 0 Å². The zero-order valence-electron chi connectivity index (χ0n) is 20.0. The van der Waals surface area contributed by atoms with Crippen LogP contribution in [0.3, 0.4) is 0 Å². The molecule has 1 aliphatic carbocycles. The topological polar surface area (TPSA) is 45.7 Å². The second-order valence-corrected chi connectivity index (χ2v) is 9.85. The number of rotatable bonds is 8. The van der Waals surface area contributed by atoms with Crippen LogP contribution in [0, 0.1) is 0 Å². The first-order valence-electron chi connectivity index (χ1n) is 12.7. The third kappa shape index (κ3) is 5.26. The number of phenolic OH excluding ortho intramolecular Hbond substituents is 1. The molecule has 3 aromatic rings. The molecule has 5 rings (SSSR count). The van der Waals surface area contributed by atoms with Crippen molar-refractivity contribution in [3.05, 3.63) is 65.4 Å². The zero-order chi connectivity index (χ0) is 22.6. The predicted molar refractivity (Wildman–Crippen MR) is 136 cm³/mol. The highest BCUT2D eigenvalue weighted by molar-refractivity contribution is 5.80. The lowest BCUT2D eigenvalue weighted by Gasteiger charge is -2.38. The van der Waals surface area contributed by atoms with Gasteiger partial charge in [-0.2, -0.15) is 0 Å². The van der Waals surface area contributed by atoms with E-state index in [0.29, 0.717) is 11.8 Å². The number of piperazine rings is 1. The summed E-state index contributed by atoms with van der Waals surface area (Å²) in [5, 5.41) is 11.5. The Morgan fingerprint density at radius 2 is 1.82 bits per heavy atom. The van der Waals surface area contributed by atoms with Crippen LogP contribution in [0.25, 0.3) is 10.9 Å². The molecule has 1 unspecified atom stereocenters. The number of aromatic nitrogens is 1. The molecular weight excluding hydrogens is 408 g/mol. The Morgan fingerprint density at radius 1 is 1.00 bits per heavy atom. The molecule has 0 saturated carbocycles. The molecule has 0 radical (unpaired) electrons. The number of fused-ring (bicyclic) bond motifs is 2. The minimum Gasteiger partial charge on any atom is -0.508 e. The van der Waals surface area contributed by atoms with Crippen LogP contribution in [0.2, 0.25) is 0 Å². The summed E-state index contributed by atoms with van der Waals surface area (Å²) >= 11 is 0. The monoisotopic (exact) mass is 446 g/mol. The van der Waals surface area contributed by atoms with Gasteiger partial charge in [0.25, 0.3) is 0 Å². The molecule has 2 aliphatic rings. The Balaban J connectivity index is 1.11. The lowest BCUT2D eigenvalue weighted by molar-refractivity contribution is 0.0997. The van der Waals surface area contributed by atoms with Crippen LogP contribution in [0.4, 0.5) is 0 Å². The van der Waals surface area contributed by atoms with Crippen molar-refractivity contribution >= 4 is 10.9 Å². The van der Waals surface area contributed by atoms with Crippen LogP contribution in [0.5, 0.6) is 5.75 Å². The number of nitrogens with one attached hydrogen (secondary N) is 1. The Kier molecular flexibility index (Phi) is 7.00. The highest BCUT2D eigenvalue weighted by Crippen LogP contribution is 2.30. The van der Waals surface area contributed by atoms with Gasteiger partial charge in [-0.05, 0) is 66.9 Å². The lowest BCUT2D eigenvalue weighted by atomic mass is 9.87. The van der Waals surface area contributed by atoms with E-state index in [2.05, 4.69) is 63.0 Å². The summed E-state index contributed by atoms with van der Waals surface area (Å²) in [6.07, 6.45) is 4.42. The maximum Gasteiger partial charge on any atom is 0.119 e. The van der Waals surface area contributed by atoms with Crippen molar-refractivity contribution in [1.82, 2.24) is 19.7 Å². The largest absolute Gasteiger partial charge is 0.508 e. The summed E-state index contributed by atoms with van der Waals surface area (Å²) in [6, 6.07) is 17.5. The van der Waals surface area contributed by atoms with Crippen molar-refractivity contribution in [2.45, 2.75) is 45.2 Å². The standard InChI is InChI=1S/C28H38N4O/c1-2-12-32(25-10-11-26-22(20-25)7-5-9-28(26)33)18-17-30-13-15-31(16-14-30)21-24-19-23-6-3-4-8-27(23)29-24/h3-9,19,25,29,33H,2,10-18,20-21H2,1H3. The van der Waals surface area contributed by atoms with Gasteiger partial charge in [0, 0.05) is 63.1 Å². The van der Waals surface area contributed by atoms with Crippen molar-refractivity contribution < 1.29 is 5.11 Å². The van der Waals surface area contributed by atoms with Crippen LogP contribution in [-0.2, 0) is 19.4 Å². The van der Waals surface area contributed by atoms with Crippen molar-refractivity contribution in [2.75, 3.05) is 45.8 Å². The second kappa shape index (κ2) is 10.3. The number of hydrogen-bond donors (Lipinski definition) is 2. The summed E-state index contributed by atoms with van der Waals surface area (Å²) in [5.74, 6) is 0.485. The van der Waals surface area contributed by atoms with Gasteiger partial charge >= 0.3 is 0 Å². The van der Waals surface area contributed by atoms with E-state index in [1.54, 1.807) is 0 Å². The predicted octanol–water partition coefficient (Wildman–Crippen LogP) is 4.26. The molecule has 1 saturated heterocycles. The number of aromatic amines is 1. The number of hydrogen-bond acceptors (Lipinski definition) is 4. The number of H-pyrrole nitrogens is 1. The van der Waals surface area contributed by atoms with Crippen LogP contribution in [0.15, 0.2) is 48.5 Å². The van der Waals surface area contributed by atoms with Gasteiger partial charge in [-0.25, -0.2) is 0 Å². The first-order valence-corrected chi connectivity index (χ1v) is 12.7. The zero-order valence-corrected chi connectivity index (χ0v) is 20.0. The summed E-state index contributed by atoms with van der Waals surface area (Å²) in [6.45, 7) is 11.4. The molecule has 2 N–H and O–H groups in total. The van der Waals surface area contributed by atoms with Gasteiger partial charge in [0.1, 0.15) is 5.75 Å². The minimum atomic E-state index is 0.485. The number of benzene rings is 2. The molecule has 33 heavy (non-hydrogen) atoms. The quantitative estimate of drug-likeness (QED) is 0.543. The number of nitrogens with zero attached hydrogens (tertiary/aromatic N) is 3. The highest BCUT2D eigenvalue weighted by atomic mass is 16.3. The van der Waals surface area contributed by atoms with Crippen molar-refractivity contribution in [3.63, 3.8) is 0 Å². The number of phenols is 1. The molecule has 1 atom stereocenters. The first kappa shape index (κ1) is 22.5. The summed E-state index contributed by atoms with van der Waals surface area (Å²) in [7, 11) is 0. The average Bonchev–Trinajstić information content (AvgIpc) is 3.25. The van der Waals surface area contributed by atoms with E-state index in [4.69, 9.17) is 0 Å². The smallest absolute Gasteiger partial charge is 0.119 e. The molecule has 0 spiro atoms. The molecule has 2 heterocycles. The fourth-order valence-corrected chi connectivity index (χ4v) is 5.74. The van der Waals surface area contributed by atoms with Crippen LogP contribution in [0.1, 0.15) is 36.6 Å². The fraction of sp³-hybridized carbons (Fsp3) is 0.500. The summed E-state index contributed by atoms with van der Waals surface area (Å²) in [5.41, 5.74) is 5.08. The van der Waals surface area contributed by atoms with Crippen molar-refractivity contribution in [2.24, 2.45) is 0 Å². The molecule has 1 aliphatic heterocycles. The SMILES string of the molecule is CCCN(CCN1CCN(Cc2cc3ccccc3[nH]2)CC1)C1CCc2c(O)cccc2C1. The van der Waals surface area contributed by atoms with E-state index >= 15 is 0 Å². The summed E-state index contributed by atoms with van der Waals surface area (Å²) < 4.78 is 0. The van der Waals surface area contributed by atoms with Gasteiger partial charge in [-0.1, -0.05) is 37.3 Å². The van der Waals surface area contributed by atoms with Gasteiger partial charge in [0.15, 0.2) is 0 Å². The van der Waals surface area contributed by atoms with Gasteiger partial charge in [0.2, 0.25) is 0 Å². The average molecular weight is 447 g/mol. The van der Waals surface area contributed by atoms with Crippen LogP contribution in [-0.4, -0.2) is 76.6 Å². The number of para-hydroxylation sites is 1. The number of aromatic hydroxyl groups is 1. The first-order chi connectivity index (χ1) is 16.2. The van der Waals surface area contributed by atoms with Gasteiger partial charge in [-0.3, -0.25) is 14.7 Å². The Morgan fingerprint density at radius 3 is 2.64 bits per heavy atom. The maximum absolute atomic E-state index is 10.2. The molecule has 5 heteroatoms. The van der Waals surface area contributed by atoms with E-state index in [1.165, 1.54) is 40.7 Å².